The number of alkyl halides is 3. The van der Waals surface area contributed by atoms with Crippen molar-refractivity contribution in [3.05, 3.63) is 42.2 Å². The highest BCUT2D eigenvalue weighted by molar-refractivity contribution is 5.95. The van der Waals surface area contributed by atoms with Gasteiger partial charge >= 0.3 is 6.18 Å². The molecule has 1 N–H and O–H groups in total. The van der Waals surface area contributed by atoms with Gasteiger partial charge in [0.25, 0.3) is 5.91 Å². The van der Waals surface area contributed by atoms with Gasteiger partial charge in [-0.15, -0.1) is 0 Å². The first kappa shape index (κ1) is 15.9. The van der Waals surface area contributed by atoms with Gasteiger partial charge in [0.05, 0.1) is 11.0 Å². The monoisotopic (exact) mass is 348 g/mol. The summed E-state index contributed by atoms with van der Waals surface area (Å²) in [7, 11) is 0. The summed E-state index contributed by atoms with van der Waals surface area (Å²) in [6.07, 6.45) is 1.29. The third-order valence-corrected chi connectivity index (χ3v) is 4.70. The number of allylic oxidation sites excluding steroid dienone is 2. The minimum Gasteiger partial charge on any atom is -0.311 e. The first-order valence-corrected chi connectivity index (χ1v) is 7.98. The van der Waals surface area contributed by atoms with Crippen molar-refractivity contribution in [3.63, 3.8) is 0 Å². The topological polar surface area (TPSA) is 59.3 Å². The summed E-state index contributed by atoms with van der Waals surface area (Å²) in [5, 5.41) is 4.09. The van der Waals surface area contributed by atoms with E-state index in [1.165, 1.54) is 12.1 Å². The van der Waals surface area contributed by atoms with Gasteiger partial charge in [-0.25, -0.2) is 10.4 Å². The lowest BCUT2D eigenvalue weighted by Crippen LogP contribution is -2.36. The maximum Gasteiger partial charge on any atom is 0.449 e. The smallest absolute Gasteiger partial charge is 0.311 e. The van der Waals surface area contributed by atoms with Crippen LogP contribution in [-0.2, 0) is 17.5 Å². The highest BCUT2D eigenvalue weighted by Crippen LogP contribution is 2.40. The summed E-state index contributed by atoms with van der Waals surface area (Å²) in [6.45, 7) is -0.488. The Morgan fingerprint density at radius 3 is 2.92 bits per heavy atom. The molecule has 8 heteroatoms. The Labute approximate surface area is 141 Å². The highest BCUT2D eigenvalue weighted by atomic mass is 19.4. The first-order valence-electron chi connectivity index (χ1n) is 7.98. The molecule has 1 saturated carbocycles. The number of hydrazone groups is 1. The summed E-state index contributed by atoms with van der Waals surface area (Å²) in [4.78, 5) is 15.7. The lowest BCUT2D eigenvalue weighted by molar-refractivity contribution is -0.147. The maximum atomic E-state index is 13.2. The number of rotatable bonds is 3. The van der Waals surface area contributed by atoms with Crippen LogP contribution in [0.5, 0.6) is 0 Å². The van der Waals surface area contributed by atoms with E-state index in [4.69, 9.17) is 0 Å². The van der Waals surface area contributed by atoms with Gasteiger partial charge in [-0.1, -0.05) is 24.3 Å². The van der Waals surface area contributed by atoms with Crippen molar-refractivity contribution >= 4 is 22.7 Å². The van der Waals surface area contributed by atoms with Gasteiger partial charge in [-0.3, -0.25) is 4.79 Å². The molecule has 0 saturated heterocycles. The second-order valence-electron chi connectivity index (χ2n) is 6.28. The number of aromatic nitrogens is 2. The Morgan fingerprint density at radius 2 is 2.16 bits per heavy atom. The van der Waals surface area contributed by atoms with E-state index in [0.717, 1.165) is 23.1 Å². The number of nitrogens with one attached hydrogen (secondary N) is 1. The van der Waals surface area contributed by atoms with Crippen LogP contribution in [0.15, 0.2) is 41.5 Å². The lowest BCUT2D eigenvalue weighted by Gasteiger charge is -2.31. The van der Waals surface area contributed by atoms with Gasteiger partial charge in [0, 0.05) is 11.6 Å². The van der Waals surface area contributed by atoms with Crippen LogP contribution in [0.25, 0.3) is 11.0 Å². The van der Waals surface area contributed by atoms with E-state index in [0.29, 0.717) is 11.8 Å². The Hall–Kier alpha value is -2.64. The molecule has 1 aromatic heterocycles. The van der Waals surface area contributed by atoms with E-state index in [2.05, 4.69) is 27.7 Å². The van der Waals surface area contributed by atoms with Crippen molar-refractivity contribution in [1.82, 2.24) is 15.0 Å². The molecule has 4 rings (SSSR count). The van der Waals surface area contributed by atoms with E-state index in [-0.39, 0.29) is 11.0 Å². The van der Waals surface area contributed by atoms with Gasteiger partial charge in [0.1, 0.15) is 6.54 Å². The Morgan fingerprint density at radius 1 is 1.36 bits per heavy atom. The summed E-state index contributed by atoms with van der Waals surface area (Å²) in [6, 6.07) is 6.22. The number of hydrogen-bond acceptors (Lipinski definition) is 3. The molecule has 0 bridgehead atoms. The van der Waals surface area contributed by atoms with Crippen LogP contribution in [0.2, 0.25) is 0 Å². The molecule has 0 aliphatic heterocycles. The molecule has 2 aliphatic carbocycles. The van der Waals surface area contributed by atoms with Gasteiger partial charge < -0.3 is 4.57 Å². The first-order chi connectivity index (χ1) is 11.9. The molecule has 1 fully saturated rings. The minimum atomic E-state index is -4.64. The fourth-order valence-corrected chi connectivity index (χ4v) is 3.43. The molecule has 2 aromatic rings. The van der Waals surface area contributed by atoms with Crippen LogP contribution in [0, 0.1) is 11.8 Å². The number of halogens is 3. The predicted octanol–water partition coefficient (Wildman–Crippen LogP) is 3.12. The van der Waals surface area contributed by atoms with Crippen molar-refractivity contribution < 1.29 is 18.0 Å². The number of imidazole rings is 1. The third-order valence-electron chi connectivity index (χ3n) is 4.70. The SMILES string of the molecule is O=C(Cn1c(C(F)(F)F)nc2ccccc21)N/N=C1/CC2C=CCC12. The Kier molecular flexibility index (Phi) is 3.63. The average molecular weight is 348 g/mol. The number of para-hydroxylation sites is 2. The van der Waals surface area contributed by atoms with Gasteiger partial charge in [0.2, 0.25) is 5.82 Å². The van der Waals surface area contributed by atoms with Crippen molar-refractivity contribution in [1.29, 1.82) is 0 Å². The molecule has 0 radical (unpaired) electrons. The summed E-state index contributed by atoms with van der Waals surface area (Å²) < 4.78 is 40.5. The van der Waals surface area contributed by atoms with Crippen LogP contribution in [0.3, 0.4) is 0 Å². The van der Waals surface area contributed by atoms with E-state index < -0.39 is 24.5 Å². The molecule has 2 aliphatic rings. The van der Waals surface area contributed by atoms with E-state index in [1.54, 1.807) is 12.1 Å². The fourth-order valence-electron chi connectivity index (χ4n) is 3.43. The van der Waals surface area contributed by atoms with Crippen LogP contribution in [0.4, 0.5) is 13.2 Å². The number of carbonyl (C=O) groups is 1. The molecular weight excluding hydrogens is 333 g/mol. The van der Waals surface area contributed by atoms with Gasteiger partial charge in [-0.2, -0.15) is 18.3 Å². The molecule has 1 heterocycles. The summed E-state index contributed by atoms with van der Waals surface area (Å²) in [5.41, 5.74) is 3.75. The molecule has 1 aromatic carbocycles. The zero-order chi connectivity index (χ0) is 17.6. The van der Waals surface area contributed by atoms with Crippen LogP contribution in [-0.4, -0.2) is 21.2 Å². The van der Waals surface area contributed by atoms with Crippen molar-refractivity contribution in [2.45, 2.75) is 25.6 Å². The zero-order valence-corrected chi connectivity index (χ0v) is 13.1. The quantitative estimate of drug-likeness (QED) is 0.684. The molecule has 5 nitrogen and oxygen atoms in total. The van der Waals surface area contributed by atoms with Crippen molar-refractivity contribution in [3.8, 4) is 0 Å². The molecule has 2 unspecified atom stereocenters. The number of benzene rings is 1. The van der Waals surface area contributed by atoms with Crippen molar-refractivity contribution in [2.75, 3.05) is 0 Å². The molecule has 1 amide bonds. The van der Waals surface area contributed by atoms with Crippen LogP contribution < -0.4 is 5.43 Å². The summed E-state index contributed by atoms with van der Waals surface area (Å²) in [5.74, 6) is -0.860. The number of amides is 1. The lowest BCUT2D eigenvalue weighted by atomic mass is 9.74. The number of hydrogen-bond donors (Lipinski definition) is 1. The fraction of sp³-hybridized carbons (Fsp3) is 0.353. The van der Waals surface area contributed by atoms with E-state index in [1.807, 2.05) is 0 Å². The second kappa shape index (κ2) is 5.72. The maximum absolute atomic E-state index is 13.2. The van der Waals surface area contributed by atoms with E-state index >= 15 is 0 Å². The molecule has 130 valence electrons. The normalized spacial score (nSPS) is 23.7. The molecule has 2 atom stereocenters. The number of carbonyl (C=O) groups excluding carboxylic acids is 1. The Balaban J connectivity index is 1.54. The van der Waals surface area contributed by atoms with Crippen LogP contribution in [0.1, 0.15) is 18.7 Å². The minimum absolute atomic E-state index is 0.202. The van der Waals surface area contributed by atoms with E-state index in [9.17, 15) is 18.0 Å². The molecular formula is C17H15F3N4O. The summed E-state index contributed by atoms with van der Waals surface area (Å²) >= 11 is 0. The van der Waals surface area contributed by atoms with Crippen LogP contribution >= 0.6 is 0 Å². The third kappa shape index (κ3) is 2.81. The van der Waals surface area contributed by atoms with Crippen molar-refractivity contribution in [2.24, 2.45) is 16.9 Å². The number of fused-ring (bicyclic) bond motifs is 2. The molecule has 25 heavy (non-hydrogen) atoms. The average Bonchev–Trinajstić information content (AvgIpc) is 3.09. The largest absolute Gasteiger partial charge is 0.449 e. The Bertz CT molecular complexity index is 897. The number of nitrogens with zero attached hydrogens (tertiary/aromatic N) is 3. The molecule has 0 spiro atoms. The standard InChI is InChI=1S/C17H15F3N4O/c18-17(19,20)16-21-12-6-1-2-7-14(12)24(16)9-15(25)23-22-13-8-10-4-3-5-11(10)13/h1-4,6-7,10-11H,5,8-9H2,(H,23,25)/b22-13-. The second-order valence-corrected chi connectivity index (χ2v) is 6.28. The van der Waals surface area contributed by atoms with Gasteiger partial charge in [0.15, 0.2) is 0 Å². The van der Waals surface area contributed by atoms with Gasteiger partial charge in [-0.05, 0) is 30.9 Å². The zero-order valence-electron chi connectivity index (χ0n) is 13.1. The predicted molar refractivity (Wildman–Crippen MR) is 85.7 cm³/mol. The highest BCUT2D eigenvalue weighted by Gasteiger charge is 2.39.